The third-order valence-corrected chi connectivity index (χ3v) is 3.70. The van der Waals surface area contributed by atoms with Crippen molar-refractivity contribution >= 4 is 17.0 Å². The standard InChI is InChI=1S/C14H13N5/c1-2-4-11-9(3-1)5-10(11)6-15-13-12-14(17-7-16-12)19-8-18-13/h1-4,7-8,10H,5-6H2,(H2,15,16,17,18,19). The molecule has 0 saturated heterocycles. The molecule has 3 aromatic rings. The fourth-order valence-electron chi connectivity index (χ4n) is 2.66. The zero-order valence-corrected chi connectivity index (χ0v) is 10.3. The number of benzene rings is 1. The zero-order chi connectivity index (χ0) is 12.7. The largest absolute Gasteiger partial charge is 0.368 e. The number of fused-ring (bicyclic) bond motifs is 2. The van der Waals surface area contributed by atoms with E-state index in [1.807, 2.05) is 0 Å². The van der Waals surface area contributed by atoms with E-state index in [0.717, 1.165) is 24.3 Å². The first-order valence-corrected chi connectivity index (χ1v) is 6.37. The molecule has 0 spiro atoms. The number of nitrogens with one attached hydrogen (secondary N) is 2. The van der Waals surface area contributed by atoms with Gasteiger partial charge in [-0.1, -0.05) is 24.3 Å². The van der Waals surface area contributed by atoms with Gasteiger partial charge in [-0.05, 0) is 17.5 Å². The Bertz CT molecular complexity index is 733. The molecule has 4 rings (SSSR count). The van der Waals surface area contributed by atoms with Crippen LogP contribution in [0.1, 0.15) is 17.0 Å². The van der Waals surface area contributed by atoms with Crippen LogP contribution in [0.2, 0.25) is 0 Å². The molecule has 0 fully saturated rings. The van der Waals surface area contributed by atoms with Crippen LogP contribution in [0.4, 0.5) is 5.82 Å². The van der Waals surface area contributed by atoms with Gasteiger partial charge in [0.15, 0.2) is 11.5 Å². The lowest BCUT2D eigenvalue weighted by Gasteiger charge is -2.30. The first-order valence-electron chi connectivity index (χ1n) is 6.37. The highest BCUT2D eigenvalue weighted by atomic mass is 15.1. The van der Waals surface area contributed by atoms with Gasteiger partial charge in [-0.2, -0.15) is 0 Å². The van der Waals surface area contributed by atoms with Gasteiger partial charge < -0.3 is 10.3 Å². The lowest BCUT2D eigenvalue weighted by molar-refractivity contribution is 0.635. The maximum absolute atomic E-state index is 4.27. The summed E-state index contributed by atoms with van der Waals surface area (Å²) in [6.45, 7) is 0.891. The van der Waals surface area contributed by atoms with Crippen LogP contribution < -0.4 is 5.32 Å². The maximum Gasteiger partial charge on any atom is 0.182 e. The molecule has 1 aliphatic carbocycles. The minimum Gasteiger partial charge on any atom is -0.368 e. The van der Waals surface area contributed by atoms with E-state index in [0.29, 0.717) is 11.6 Å². The molecule has 0 amide bonds. The smallest absolute Gasteiger partial charge is 0.182 e. The van der Waals surface area contributed by atoms with Crippen LogP contribution in [-0.4, -0.2) is 26.5 Å². The predicted octanol–water partition coefficient (Wildman–Crippen LogP) is 2.10. The van der Waals surface area contributed by atoms with E-state index in [1.165, 1.54) is 11.1 Å². The van der Waals surface area contributed by atoms with Crippen molar-refractivity contribution in [1.29, 1.82) is 0 Å². The molecule has 2 N–H and O–H groups in total. The van der Waals surface area contributed by atoms with Gasteiger partial charge in [0.25, 0.3) is 0 Å². The molecular formula is C14H13N5. The Kier molecular flexibility index (Phi) is 2.24. The normalized spacial score (nSPS) is 16.9. The molecule has 2 heterocycles. The average molecular weight is 251 g/mol. The second kappa shape index (κ2) is 4.05. The fourth-order valence-corrected chi connectivity index (χ4v) is 2.66. The number of rotatable bonds is 3. The summed E-state index contributed by atoms with van der Waals surface area (Å²) in [5, 5.41) is 3.39. The molecule has 0 radical (unpaired) electrons. The number of imidazole rings is 1. The van der Waals surface area contributed by atoms with Gasteiger partial charge in [0.1, 0.15) is 11.8 Å². The van der Waals surface area contributed by atoms with Gasteiger partial charge in [-0.25, -0.2) is 15.0 Å². The van der Waals surface area contributed by atoms with Crippen molar-refractivity contribution in [3.05, 3.63) is 48.0 Å². The van der Waals surface area contributed by atoms with E-state index in [1.54, 1.807) is 12.7 Å². The van der Waals surface area contributed by atoms with Crippen molar-refractivity contribution in [1.82, 2.24) is 19.9 Å². The van der Waals surface area contributed by atoms with Crippen molar-refractivity contribution in [3.8, 4) is 0 Å². The summed E-state index contributed by atoms with van der Waals surface area (Å²) in [6.07, 6.45) is 4.32. The first kappa shape index (κ1) is 10.5. The van der Waals surface area contributed by atoms with Crippen LogP contribution in [0.25, 0.3) is 11.2 Å². The van der Waals surface area contributed by atoms with Crippen LogP contribution in [0.5, 0.6) is 0 Å². The summed E-state index contributed by atoms with van der Waals surface area (Å²) < 4.78 is 0. The number of H-pyrrole nitrogens is 1. The monoisotopic (exact) mass is 251 g/mol. The fraction of sp³-hybridized carbons (Fsp3) is 0.214. The number of aromatic nitrogens is 4. The molecule has 1 unspecified atom stereocenters. The van der Waals surface area contributed by atoms with Crippen LogP contribution in [0.15, 0.2) is 36.9 Å². The highest BCUT2D eigenvalue weighted by molar-refractivity contribution is 5.81. The highest BCUT2D eigenvalue weighted by Gasteiger charge is 2.25. The van der Waals surface area contributed by atoms with Crippen LogP contribution in [0.3, 0.4) is 0 Å². The second-order valence-electron chi connectivity index (χ2n) is 4.80. The van der Waals surface area contributed by atoms with Gasteiger partial charge in [-0.3, -0.25) is 0 Å². The van der Waals surface area contributed by atoms with E-state index in [4.69, 9.17) is 0 Å². The van der Waals surface area contributed by atoms with Crippen molar-refractivity contribution in [3.63, 3.8) is 0 Å². The van der Waals surface area contributed by atoms with Gasteiger partial charge in [0.2, 0.25) is 0 Å². The summed E-state index contributed by atoms with van der Waals surface area (Å²) in [5.74, 6) is 1.40. The highest BCUT2D eigenvalue weighted by Crippen LogP contribution is 2.34. The summed E-state index contributed by atoms with van der Waals surface area (Å²) in [6, 6.07) is 8.60. The minimum atomic E-state index is 0.573. The molecule has 1 aromatic carbocycles. The van der Waals surface area contributed by atoms with Crippen LogP contribution in [0, 0.1) is 0 Å². The summed E-state index contributed by atoms with van der Waals surface area (Å²) in [7, 11) is 0. The topological polar surface area (TPSA) is 66.5 Å². The van der Waals surface area contributed by atoms with Crippen molar-refractivity contribution in [2.45, 2.75) is 12.3 Å². The Morgan fingerprint density at radius 1 is 1.21 bits per heavy atom. The average Bonchev–Trinajstić information content (AvgIpc) is 2.89. The van der Waals surface area contributed by atoms with E-state index in [2.05, 4.69) is 49.5 Å². The third kappa shape index (κ3) is 1.66. The van der Waals surface area contributed by atoms with Gasteiger partial charge in [-0.15, -0.1) is 0 Å². The van der Waals surface area contributed by atoms with Crippen LogP contribution in [-0.2, 0) is 6.42 Å². The summed E-state index contributed by atoms with van der Waals surface area (Å²) in [5.41, 5.74) is 4.48. The number of hydrogen-bond acceptors (Lipinski definition) is 4. The first-order chi connectivity index (χ1) is 9.42. The number of hydrogen-bond donors (Lipinski definition) is 2. The lowest BCUT2D eigenvalue weighted by atomic mass is 9.77. The Morgan fingerprint density at radius 2 is 2.16 bits per heavy atom. The molecule has 19 heavy (non-hydrogen) atoms. The SMILES string of the molecule is c1ccc2c(c1)CC2CNc1ncnc2nc[nH]c12. The molecule has 94 valence electrons. The van der Waals surface area contributed by atoms with Gasteiger partial charge in [0.05, 0.1) is 6.33 Å². The van der Waals surface area contributed by atoms with Gasteiger partial charge >= 0.3 is 0 Å². The van der Waals surface area contributed by atoms with Crippen molar-refractivity contribution in [2.24, 2.45) is 0 Å². The Labute approximate surface area is 110 Å². The predicted molar refractivity (Wildman–Crippen MR) is 73.1 cm³/mol. The number of nitrogens with zero attached hydrogens (tertiary/aromatic N) is 3. The molecule has 2 aromatic heterocycles. The molecule has 0 aliphatic heterocycles. The molecule has 5 heteroatoms. The second-order valence-corrected chi connectivity index (χ2v) is 4.80. The van der Waals surface area contributed by atoms with E-state index < -0.39 is 0 Å². The molecular weight excluding hydrogens is 238 g/mol. The summed E-state index contributed by atoms with van der Waals surface area (Å²) >= 11 is 0. The Hall–Kier alpha value is -2.43. The number of aromatic amines is 1. The lowest BCUT2D eigenvalue weighted by Crippen LogP contribution is -2.24. The third-order valence-electron chi connectivity index (χ3n) is 3.70. The zero-order valence-electron chi connectivity index (χ0n) is 10.3. The van der Waals surface area contributed by atoms with Crippen molar-refractivity contribution in [2.75, 3.05) is 11.9 Å². The van der Waals surface area contributed by atoms with Crippen molar-refractivity contribution < 1.29 is 0 Å². The van der Waals surface area contributed by atoms with E-state index in [-0.39, 0.29) is 0 Å². The van der Waals surface area contributed by atoms with E-state index >= 15 is 0 Å². The quantitative estimate of drug-likeness (QED) is 0.748. The molecule has 0 saturated carbocycles. The molecule has 1 aliphatic rings. The van der Waals surface area contributed by atoms with Crippen LogP contribution >= 0.6 is 0 Å². The molecule has 1 atom stereocenters. The Morgan fingerprint density at radius 3 is 3.11 bits per heavy atom. The Balaban J connectivity index is 1.53. The number of anilines is 1. The maximum atomic E-state index is 4.27. The summed E-state index contributed by atoms with van der Waals surface area (Å²) in [4.78, 5) is 15.6. The molecule has 0 bridgehead atoms. The minimum absolute atomic E-state index is 0.573. The molecule has 5 nitrogen and oxygen atoms in total. The van der Waals surface area contributed by atoms with E-state index in [9.17, 15) is 0 Å². The van der Waals surface area contributed by atoms with Gasteiger partial charge in [0, 0.05) is 12.5 Å².